The summed E-state index contributed by atoms with van der Waals surface area (Å²) in [6.45, 7) is 0.179. The molecule has 0 aliphatic heterocycles. The van der Waals surface area contributed by atoms with Crippen molar-refractivity contribution in [1.82, 2.24) is 5.32 Å². The van der Waals surface area contributed by atoms with Crippen LogP contribution in [0.4, 0.5) is 20.6 Å². The molecular formula is C14H11ClFN3O3. The molecule has 0 saturated carbocycles. The zero-order valence-electron chi connectivity index (χ0n) is 11.2. The number of urea groups is 1. The molecule has 0 unspecified atom stereocenters. The molecule has 2 rings (SSSR count). The maximum Gasteiger partial charge on any atom is 0.319 e. The van der Waals surface area contributed by atoms with E-state index in [0.717, 1.165) is 0 Å². The molecule has 0 aliphatic rings. The number of rotatable bonds is 4. The van der Waals surface area contributed by atoms with Crippen molar-refractivity contribution in [2.75, 3.05) is 5.32 Å². The predicted molar refractivity (Wildman–Crippen MR) is 80.4 cm³/mol. The smallest absolute Gasteiger partial charge is 0.319 e. The fourth-order valence-electron chi connectivity index (χ4n) is 1.67. The largest absolute Gasteiger partial charge is 0.334 e. The van der Waals surface area contributed by atoms with Crippen LogP contribution >= 0.6 is 11.6 Å². The lowest BCUT2D eigenvalue weighted by Gasteiger charge is -2.09. The molecule has 22 heavy (non-hydrogen) atoms. The van der Waals surface area contributed by atoms with Gasteiger partial charge < -0.3 is 10.6 Å². The first-order valence-electron chi connectivity index (χ1n) is 6.19. The molecule has 0 atom stereocenters. The molecule has 0 fully saturated rings. The first kappa shape index (κ1) is 15.7. The van der Waals surface area contributed by atoms with Gasteiger partial charge in [-0.1, -0.05) is 23.7 Å². The van der Waals surface area contributed by atoms with E-state index in [4.69, 9.17) is 11.6 Å². The van der Waals surface area contributed by atoms with Crippen LogP contribution in [0.5, 0.6) is 0 Å². The summed E-state index contributed by atoms with van der Waals surface area (Å²) in [4.78, 5) is 21.9. The van der Waals surface area contributed by atoms with Crippen molar-refractivity contribution in [1.29, 1.82) is 0 Å². The van der Waals surface area contributed by atoms with Crippen molar-refractivity contribution in [2.45, 2.75) is 6.54 Å². The summed E-state index contributed by atoms with van der Waals surface area (Å²) in [7, 11) is 0. The molecule has 114 valence electrons. The Bertz CT molecular complexity index is 707. The minimum Gasteiger partial charge on any atom is -0.334 e. The molecule has 0 heterocycles. The van der Waals surface area contributed by atoms with Gasteiger partial charge in [0.15, 0.2) is 0 Å². The van der Waals surface area contributed by atoms with Gasteiger partial charge in [-0.25, -0.2) is 9.18 Å². The van der Waals surface area contributed by atoms with Crippen LogP contribution in [-0.4, -0.2) is 11.0 Å². The summed E-state index contributed by atoms with van der Waals surface area (Å²) < 4.78 is 12.8. The first-order chi connectivity index (χ1) is 10.5. The Morgan fingerprint density at radius 3 is 2.55 bits per heavy atom. The van der Waals surface area contributed by atoms with E-state index >= 15 is 0 Å². The van der Waals surface area contributed by atoms with E-state index in [-0.39, 0.29) is 28.8 Å². The number of non-ortho nitro benzene ring substituents is 1. The quantitative estimate of drug-likeness (QED) is 0.664. The lowest BCUT2D eigenvalue weighted by molar-refractivity contribution is -0.384. The van der Waals surface area contributed by atoms with Gasteiger partial charge in [0.2, 0.25) is 0 Å². The van der Waals surface area contributed by atoms with Gasteiger partial charge in [0.25, 0.3) is 5.69 Å². The van der Waals surface area contributed by atoms with E-state index < -0.39 is 11.0 Å². The van der Waals surface area contributed by atoms with Crippen LogP contribution < -0.4 is 10.6 Å². The van der Waals surface area contributed by atoms with Crippen molar-refractivity contribution in [3.8, 4) is 0 Å². The molecule has 2 N–H and O–H groups in total. The minimum absolute atomic E-state index is 0.132. The normalized spacial score (nSPS) is 10.1. The van der Waals surface area contributed by atoms with Crippen LogP contribution in [-0.2, 0) is 6.54 Å². The average molecular weight is 324 g/mol. The lowest BCUT2D eigenvalue weighted by atomic mass is 10.2. The SMILES string of the molecule is O=C(NCc1ccc(F)cc1)Nc1cc([N+](=O)[O-])ccc1Cl. The van der Waals surface area contributed by atoms with Gasteiger partial charge in [-0.2, -0.15) is 0 Å². The van der Waals surface area contributed by atoms with E-state index in [1.165, 1.54) is 42.5 Å². The maximum atomic E-state index is 12.8. The Morgan fingerprint density at radius 1 is 1.23 bits per heavy atom. The Hall–Kier alpha value is -2.67. The van der Waals surface area contributed by atoms with E-state index in [0.29, 0.717) is 5.56 Å². The number of benzene rings is 2. The van der Waals surface area contributed by atoms with Crippen LogP contribution in [0.25, 0.3) is 0 Å². The number of carbonyl (C=O) groups is 1. The van der Waals surface area contributed by atoms with Gasteiger partial charge in [-0.05, 0) is 23.8 Å². The fourth-order valence-corrected chi connectivity index (χ4v) is 1.84. The predicted octanol–water partition coefficient (Wildman–Crippen LogP) is 3.71. The van der Waals surface area contributed by atoms with Crippen molar-refractivity contribution >= 4 is 29.0 Å². The first-order valence-corrected chi connectivity index (χ1v) is 6.57. The second-order valence-electron chi connectivity index (χ2n) is 4.36. The molecule has 2 aromatic carbocycles. The summed E-state index contributed by atoms with van der Waals surface area (Å²) in [5.74, 6) is -0.364. The number of nitro groups is 1. The standard InChI is InChI=1S/C14H11ClFN3O3/c15-12-6-5-11(19(21)22)7-13(12)18-14(20)17-8-9-1-3-10(16)4-2-9/h1-7H,8H2,(H2,17,18,20). The lowest BCUT2D eigenvalue weighted by Crippen LogP contribution is -2.28. The number of nitrogens with zero attached hydrogens (tertiary/aromatic N) is 1. The third-order valence-corrected chi connectivity index (χ3v) is 3.10. The summed E-state index contributed by atoms with van der Waals surface area (Å²) in [6.07, 6.45) is 0. The van der Waals surface area contributed by atoms with Crippen molar-refractivity contribution in [3.63, 3.8) is 0 Å². The Kier molecular flexibility index (Phi) is 4.90. The Morgan fingerprint density at radius 2 is 1.91 bits per heavy atom. The Labute approximate surface area is 130 Å². The number of carbonyl (C=O) groups excluding carboxylic acids is 1. The number of hydrogen-bond acceptors (Lipinski definition) is 3. The van der Waals surface area contributed by atoms with Crippen LogP contribution in [0.2, 0.25) is 5.02 Å². The van der Waals surface area contributed by atoms with Gasteiger partial charge in [0.05, 0.1) is 15.6 Å². The second kappa shape index (κ2) is 6.86. The average Bonchev–Trinajstić information content (AvgIpc) is 2.48. The molecule has 0 aromatic heterocycles. The third-order valence-electron chi connectivity index (χ3n) is 2.78. The zero-order chi connectivity index (χ0) is 16.1. The van der Waals surface area contributed by atoms with Crippen molar-refractivity contribution < 1.29 is 14.1 Å². The number of hydrogen-bond donors (Lipinski definition) is 2. The van der Waals surface area contributed by atoms with E-state index in [1.807, 2.05) is 0 Å². The summed E-state index contributed by atoms with van der Waals surface area (Å²) >= 11 is 5.87. The number of amides is 2. The molecule has 2 aromatic rings. The second-order valence-corrected chi connectivity index (χ2v) is 4.76. The maximum absolute atomic E-state index is 12.8. The van der Waals surface area contributed by atoms with Gasteiger partial charge in [0, 0.05) is 18.7 Å². The van der Waals surface area contributed by atoms with Gasteiger partial charge >= 0.3 is 6.03 Å². The fraction of sp³-hybridized carbons (Fsp3) is 0.0714. The molecule has 0 saturated heterocycles. The molecule has 0 bridgehead atoms. The van der Waals surface area contributed by atoms with Crippen LogP contribution in [0.15, 0.2) is 42.5 Å². The summed E-state index contributed by atoms with van der Waals surface area (Å²) in [5, 5.41) is 15.8. The number of nitrogens with one attached hydrogen (secondary N) is 2. The summed E-state index contributed by atoms with van der Waals surface area (Å²) in [6, 6.07) is 8.80. The Balaban J connectivity index is 1.98. The molecule has 0 aliphatic carbocycles. The topological polar surface area (TPSA) is 84.3 Å². The van der Waals surface area contributed by atoms with Gasteiger partial charge in [-0.15, -0.1) is 0 Å². The highest BCUT2D eigenvalue weighted by molar-refractivity contribution is 6.33. The van der Waals surface area contributed by atoms with Crippen LogP contribution in [0, 0.1) is 15.9 Å². The zero-order valence-corrected chi connectivity index (χ0v) is 11.9. The summed E-state index contributed by atoms with van der Waals surface area (Å²) in [5.41, 5.74) is 0.660. The highest BCUT2D eigenvalue weighted by Gasteiger charge is 2.11. The van der Waals surface area contributed by atoms with Crippen molar-refractivity contribution in [3.05, 3.63) is 69.0 Å². The number of anilines is 1. The minimum atomic E-state index is -0.585. The van der Waals surface area contributed by atoms with Gasteiger partial charge in [0.1, 0.15) is 5.82 Å². The highest BCUT2D eigenvalue weighted by Crippen LogP contribution is 2.26. The van der Waals surface area contributed by atoms with E-state index in [9.17, 15) is 19.3 Å². The van der Waals surface area contributed by atoms with Crippen LogP contribution in [0.3, 0.4) is 0 Å². The van der Waals surface area contributed by atoms with E-state index in [2.05, 4.69) is 10.6 Å². The number of halogens is 2. The van der Waals surface area contributed by atoms with Gasteiger partial charge in [-0.3, -0.25) is 10.1 Å². The molecule has 2 amide bonds. The third kappa shape index (κ3) is 4.16. The van der Waals surface area contributed by atoms with Crippen LogP contribution in [0.1, 0.15) is 5.56 Å². The molecule has 8 heteroatoms. The monoisotopic (exact) mass is 323 g/mol. The van der Waals surface area contributed by atoms with E-state index in [1.54, 1.807) is 0 Å². The molecule has 0 radical (unpaired) electrons. The van der Waals surface area contributed by atoms with Crippen molar-refractivity contribution in [2.24, 2.45) is 0 Å². The molecule has 0 spiro atoms. The number of nitro benzene ring substituents is 1. The highest BCUT2D eigenvalue weighted by atomic mass is 35.5. The molecular weight excluding hydrogens is 313 g/mol. The molecule has 6 nitrogen and oxygen atoms in total.